The van der Waals surface area contributed by atoms with Gasteiger partial charge in [0.05, 0.1) is 11.1 Å². The fourth-order valence-corrected chi connectivity index (χ4v) is 3.56. The molecule has 1 saturated heterocycles. The third kappa shape index (κ3) is 3.93. The molecular weight excluding hydrogens is 298 g/mol. The van der Waals surface area contributed by atoms with E-state index in [0.717, 1.165) is 41.7 Å². The third-order valence-electron chi connectivity index (χ3n) is 4.94. The highest BCUT2D eigenvalue weighted by molar-refractivity contribution is 6.06. The van der Waals surface area contributed by atoms with Crippen LogP contribution >= 0.6 is 0 Å². The highest BCUT2D eigenvalue weighted by Crippen LogP contribution is 2.18. The first kappa shape index (κ1) is 16.9. The average molecular weight is 325 g/mol. The zero-order valence-electron chi connectivity index (χ0n) is 14.7. The number of aryl methyl sites for hydroxylation is 1. The molecule has 0 radical (unpaired) electrons. The van der Waals surface area contributed by atoms with E-state index in [4.69, 9.17) is 0 Å². The zero-order valence-corrected chi connectivity index (χ0v) is 14.7. The number of nitrogens with zero attached hydrogens (tertiary/aromatic N) is 2. The molecule has 1 aromatic carbocycles. The summed E-state index contributed by atoms with van der Waals surface area (Å²) in [7, 11) is 0. The number of fused-ring (bicyclic) bond motifs is 1. The molecule has 0 unspecified atom stereocenters. The molecule has 1 atom stereocenters. The second kappa shape index (κ2) is 7.75. The summed E-state index contributed by atoms with van der Waals surface area (Å²) in [5.74, 6) is 0.00314. The lowest BCUT2D eigenvalue weighted by molar-refractivity contribution is 0.0950. The lowest BCUT2D eigenvalue weighted by atomic mass is 10.0. The smallest absolute Gasteiger partial charge is 0.252 e. The van der Waals surface area contributed by atoms with Crippen LogP contribution in [0.2, 0.25) is 0 Å². The molecule has 1 aromatic heterocycles. The lowest BCUT2D eigenvalue weighted by Crippen LogP contribution is -2.39. The van der Waals surface area contributed by atoms with Crippen molar-refractivity contribution in [2.45, 2.75) is 45.6 Å². The number of piperidine rings is 1. The Morgan fingerprint density at radius 3 is 3.00 bits per heavy atom. The zero-order chi connectivity index (χ0) is 16.9. The normalized spacial score (nSPS) is 18.7. The van der Waals surface area contributed by atoms with Gasteiger partial charge in [-0.2, -0.15) is 0 Å². The van der Waals surface area contributed by atoms with Crippen LogP contribution in [-0.2, 0) is 0 Å². The van der Waals surface area contributed by atoms with Crippen molar-refractivity contribution in [1.29, 1.82) is 0 Å². The molecule has 4 nitrogen and oxygen atoms in total. The van der Waals surface area contributed by atoms with E-state index in [-0.39, 0.29) is 5.91 Å². The van der Waals surface area contributed by atoms with Gasteiger partial charge in [-0.25, -0.2) is 0 Å². The van der Waals surface area contributed by atoms with Crippen LogP contribution in [0, 0.1) is 6.92 Å². The summed E-state index contributed by atoms with van der Waals surface area (Å²) < 4.78 is 0. The molecule has 0 aliphatic carbocycles. The summed E-state index contributed by atoms with van der Waals surface area (Å²) in [6.07, 6.45) is 4.95. The number of nitrogens with one attached hydrogen (secondary N) is 1. The molecule has 2 heterocycles. The number of carbonyl (C=O) groups is 1. The maximum Gasteiger partial charge on any atom is 0.252 e. The summed E-state index contributed by atoms with van der Waals surface area (Å²) in [5.41, 5.74) is 2.48. The van der Waals surface area contributed by atoms with E-state index in [1.54, 1.807) is 0 Å². The monoisotopic (exact) mass is 325 g/mol. The summed E-state index contributed by atoms with van der Waals surface area (Å²) in [6.45, 7) is 7.23. The number of hydrogen-bond acceptors (Lipinski definition) is 3. The fourth-order valence-electron chi connectivity index (χ4n) is 3.56. The first-order valence-corrected chi connectivity index (χ1v) is 9.04. The van der Waals surface area contributed by atoms with Crippen LogP contribution < -0.4 is 5.32 Å². The van der Waals surface area contributed by atoms with Gasteiger partial charge in [0, 0.05) is 30.2 Å². The molecule has 128 valence electrons. The first-order chi connectivity index (χ1) is 11.6. The van der Waals surface area contributed by atoms with Gasteiger partial charge >= 0.3 is 0 Å². The Morgan fingerprint density at radius 1 is 1.33 bits per heavy atom. The number of para-hydroxylation sites is 1. The first-order valence-electron chi connectivity index (χ1n) is 9.04. The number of amides is 1. The molecule has 24 heavy (non-hydrogen) atoms. The van der Waals surface area contributed by atoms with Crippen LogP contribution in [0.4, 0.5) is 0 Å². The van der Waals surface area contributed by atoms with Gasteiger partial charge in [0.25, 0.3) is 5.91 Å². The Labute approximate surface area is 144 Å². The predicted octanol–water partition coefficient (Wildman–Crippen LogP) is 3.54. The Kier molecular flexibility index (Phi) is 5.46. The topological polar surface area (TPSA) is 45.2 Å². The van der Waals surface area contributed by atoms with Crippen molar-refractivity contribution >= 4 is 16.8 Å². The molecule has 1 aliphatic heterocycles. The summed E-state index contributed by atoms with van der Waals surface area (Å²) in [4.78, 5) is 19.6. The maximum atomic E-state index is 12.6. The number of hydrogen-bond donors (Lipinski definition) is 1. The van der Waals surface area contributed by atoms with Crippen molar-refractivity contribution < 1.29 is 4.79 Å². The van der Waals surface area contributed by atoms with Gasteiger partial charge in [-0.15, -0.1) is 0 Å². The van der Waals surface area contributed by atoms with Crippen LogP contribution in [0.5, 0.6) is 0 Å². The van der Waals surface area contributed by atoms with Gasteiger partial charge < -0.3 is 10.2 Å². The van der Waals surface area contributed by atoms with Crippen LogP contribution in [0.25, 0.3) is 10.9 Å². The number of rotatable bonds is 5. The molecule has 2 aromatic rings. The Hall–Kier alpha value is -1.94. The highest BCUT2D eigenvalue weighted by Gasteiger charge is 2.17. The molecule has 1 fully saturated rings. The van der Waals surface area contributed by atoms with Gasteiger partial charge in [0.2, 0.25) is 0 Å². The van der Waals surface area contributed by atoms with Crippen LogP contribution in [0.15, 0.2) is 30.3 Å². The second-order valence-corrected chi connectivity index (χ2v) is 6.82. The van der Waals surface area contributed by atoms with Gasteiger partial charge in [-0.3, -0.25) is 9.78 Å². The number of likely N-dealkylation sites (tertiary alicyclic amines) is 1. The molecule has 0 bridgehead atoms. The minimum absolute atomic E-state index is 0.00314. The Morgan fingerprint density at radius 2 is 2.17 bits per heavy atom. The van der Waals surface area contributed by atoms with Gasteiger partial charge in [-0.05, 0) is 51.8 Å². The molecule has 0 spiro atoms. The van der Waals surface area contributed by atoms with Crippen LogP contribution in [0.1, 0.15) is 48.7 Å². The van der Waals surface area contributed by atoms with Gasteiger partial charge in [0.1, 0.15) is 0 Å². The van der Waals surface area contributed by atoms with Crippen molar-refractivity contribution in [3.63, 3.8) is 0 Å². The van der Waals surface area contributed by atoms with E-state index in [0.29, 0.717) is 6.04 Å². The fraction of sp³-hybridized carbons (Fsp3) is 0.500. The molecular formula is C20H27N3O. The van der Waals surface area contributed by atoms with E-state index in [1.165, 1.54) is 25.8 Å². The van der Waals surface area contributed by atoms with Crippen molar-refractivity contribution in [1.82, 2.24) is 15.2 Å². The van der Waals surface area contributed by atoms with Crippen molar-refractivity contribution in [3.05, 3.63) is 41.6 Å². The minimum atomic E-state index is 0.00314. The Balaban J connectivity index is 1.57. The third-order valence-corrected chi connectivity index (χ3v) is 4.94. The van der Waals surface area contributed by atoms with Crippen molar-refractivity contribution in [2.24, 2.45) is 0 Å². The molecule has 1 aliphatic rings. The summed E-state index contributed by atoms with van der Waals surface area (Å²) in [5, 5.41) is 4.00. The predicted molar refractivity (Wildman–Crippen MR) is 98.3 cm³/mol. The largest absolute Gasteiger partial charge is 0.352 e. The van der Waals surface area contributed by atoms with E-state index in [9.17, 15) is 4.79 Å². The number of aromatic nitrogens is 1. The van der Waals surface area contributed by atoms with Crippen molar-refractivity contribution in [2.75, 3.05) is 19.6 Å². The van der Waals surface area contributed by atoms with E-state index >= 15 is 0 Å². The second-order valence-electron chi connectivity index (χ2n) is 6.82. The molecule has 0 saturated carbocycles. The highest BCUT2D eigenvalue weighted by atomic mass is 16.1. The molecule has 1 N–H and O–H groups in total. The van der Waals surface area contributed by atoms with Crippen molar-refractivity contribution in [3.8, 4) is 0 Å². The van der Waals surface area contributed by atoms with Gasteiger partial charge in [0.15, 0.2) is 0 Å². The Bertz CT molecular complexity index is 713. The standard InChI is InChI=1S/C20H27N3O/c1-15-14-18(17-9-3-4-10-19(17)22-15)20(24)21-11-7-13-23-12-6-5-8-16(23)2/h3-4,9-10,14,16H,5-8,11-13H2,1-2H3,(H,21,24)/t16-/m1/s1. The molecule has 1 amide bonds. The van der Waals surface area contributed by atoms with Crippen LogP contribution in [0.3, 0.4) is 0 Å². The van der Waals surface area contributed by atoms with E-state index < -0.39 is 0 Å². The molecule has 3 rings (SSSR count). The van der Waals surface area contributed by atoms with E-state index in [2.05, 4.69) is 22.1 Å². The van der Waals surface area contributed by atoms with Crippen LogP contribution in [-0.4, -0.2) is 41.5 Å². The average Bonchev–Trinajstić information content (AvgIpc) is 2.59. The molecule has 4 heteroatoms. The van der Waals surface area contributed by atoms with Gasteiger partial charge in [-0.1, -0.05) is 24.6 Å². The number of carbonyl (C=O) groups excluding carboxylic acids is 1. The quantitative estimate of drug-likeness (QED) is 0.855. The number of benzene rings is 1. The lowest BCUT2D eigenvalue weighted by Gasteiger charge is -2.33. The summed E-state index contributed by atoms with van der Waals surface area (Å²) in [6, 6.07) is 10.4. The number of pyridine rings is 1. The van der Waals surface area contributed by atoms with E-state index in [1.807, 2.05) is 37.3 Å². The SMILES string of the molecule is Cc1cc(C(=O)NCCCN2CCCC[C@H]2C)c2ccccc2n1. The minimum Gasteiger partial charge on any atom is -0.352 e. The summed E-state index contributed by atoms with van der Waals surface area (Å²) >= 11 is 0. The maximum absolute atomic E-state index is 12.6.